The van der Waals surface area contributed by atoms with E-state index in [4.69, 9.17) is 9.15 Å². The third kappa shape index (κ3) is 3.61. The van der Waals surface area contributed by atoms with E-state index in [2.05, 4.69) is 31.0 Å². The lowest BCUT2D eigenvalue weighted by molar-refractivity contribution is -0.0778. The first-order valence-corrected chi connectivity index (χ1v) is 7.19. The number of hydrogen-bond donors (Lipinski definition) is 1. The third-order valence-electron chi connectivity index (χ3n) is 3.70. The zero-order valence-corrected chi connectivity index (χ0v) is 12.7. The fourth-order valence-corrected chi connectivity index (χ4v) is 2.63. The van der Waals surface area contributed by atoms with Crippen molar-refractivity contribution in [1.82, 2.24) is 10.2 Å². The predicted octanol–water partition coefficient (Wildman–Crippen LogP) is 1.82. The lowest BCUT2D eigenvalue weighted by Crippen LogP contribution is -2.52. The van der Waals surface area contributed by atoms with Crippen molar-refractivity contribution in [3.8, 4) is 0 Å². The normalized spacial score (nSPS) is 25.4. The van der Waals surface area contributed by atoms with Gasteiger partial charge in [-0.2, -0.15) is 0 Å². The van der Waals surface area contributed by atoms with Gasteiger partial charge < -0.3 is 14.5 Å². The molecule has 5 nitrogen and oxygen atoms in total. The highest BCUT2D eigenvalue weighted by Crippen LogP contribution is 2.13. The molecule has 1 aromatic heterocycles. The number of morpholine rings is 1. The van der Waals surface area contributed by atoms with Gasteiger partial charge in [-0.1, -0.05) is 0 Å². The van der Waals surface area contributed by atoms with Gasteiger partial charge in [0.05, 0.1) is 18.5 Å². The number of aryl methyl sites for hydroxylation is 1. The van der Waals surface area contributed by atoms with Crippen LogP contribution in [0.4, 0.5) is 0 Å². The second-order valence-corrected chi connectivity index (χ2v) is 5.70. The maximum absolute atomic E-state index is 12.0. The van der Waals surface area contributed by atoms with Gasteiger partial charge in [0.2, 0.25) is 0 Å². The molecule has 0 aromatic carbocycles. The highest BCUT2D eigenvalue weighted by Gasteiger charge is 2.26. The lowest BCUT2D eigenvalue weighted by atomic mass is 10.1. The van der Waals surface area contributed by atoms with Gasteiger partial charge in [-0.3, -0.25) is 9.69 Å². The Hall–Kier alpha value is -1.33. The van der Waals surface area contributed by atoms with E-state index in [1.54, 1.807) is 12.3 Å². The summed E-state index contributed by atoms with van der Waals surface area (Å²) in [6.07, 6.45) is 2.02. The van der Waals surface area contributed by atoms with Crippen LogP contribution in [0.2, 0.25) is 0 Å². The van der Waals surface area contributed by atoms with E-state index < -0.39 is 0 Å². The van der Waals surface area contributed by atoms with Gasteiger partial charge in [-0.15, -0.1) is 0 Å². The first-order chi connectivity index (χ1) is 9.47. The minimum atomic E-state index is -0.145. The van der Waals surface area contributed by atoms with E-state index in [9.17, 15) is 4.79 Å². The van der Waals surface area contributed by atoms with E-state index in [1.165, 1.54) is 0 Å². The van der Waals surface area contributed by atoms with Crippen molar-refractivity contribution in [2.45, 2.75) is 45.9 Å². The molecule has 112 valence electrons. The Labute approximate surface area is 120 Å². The van der Waals surface area contributed by atoms with Crippen molar-refractivity contribution in [1.29, 1.82) is 0 Å². The molecular weight excluding hydrogens is 256 g/mol. The molecule has 2 rings (SSSR count). The van der Waals surface area contributed by atoms with Crippen LogP contribution < -0.4 is 5.32 Å². The molecule has 1 N–H and O–H groups in total. The summed E-state index contributed by atoms with van der Waals surface area (Å²) in [7, 11) is 0. The van der Waals surface area contributed by atoms with Gasteiger partial charge in [-0.05, 0) is 33.8 Å². The lowest BCUT2D eigenvalue weighted by Gasteiger charge is -2.38. The first-order valence-electron chi connectivity index (χ1n) is 7.19. The van der Waals surface area contributed by atoms with Crippen molar-refractivity contribution < 1.29 is 13.9 Å². The van der Waals surface area contributed by atoms with E-state index in [1.807, 2.05) is 6.92 Å². The molecule has 0 saturated carbocycles. The van der Waals surface area contributed by atoms with Crippen molar-refractivity contribution in [2.24, 2.45) is 0 Å². The molecule has 2 heterocycles. The van der Waals surface area contributed by atoms with E-state index in [0.29, 0.717) is 12.3 Å². The molecular formula is C15H24N2O3. The van der Waals surface area contributed by atoms with Gasteiger partial charge in [0.25, 0.3) is 5.91 Å². The summed E-state index contributed by atoms with van der Waals surface area (Å²) in [5.41, 5.74) is 0.865. The summed E-state index contributed by atoms with van der Waals surface area (Å²) in [4.78, 5) is 14.3. The van der Waals surface area contributed by atoms with Crippen LogP contribution in [-0.4, -0.2) is 48.7 Å². The van der Waals surface area contributed by atoms with Crippen LogP contribution >= 0.6 is 0 Å². The van der Waals surface area contributed by atoms with Gasteiger partial charge in [0, 0.05) is 31.2 Å². The molecule has 1 amide bonds. The minimum Gasteiger partial charge on any atom is -0.459 e. The molecule has 5 heteroatoms. The molecule has 1 saturated heterocycles. The van der Waals surface area contributed by atoms with Gasteiger partial charge in [0.15, 0.2) is 5.76 Å². The topological polar surface area (TPSA) is 54.7 Å². The average molecular weight is 280 g/mol. The summed E-state index contributed by atoms with van der Waals surface area (Å²) >= 11 is 0. The quantitative estimate of drug-likeness (QED) is 0.914. The number of nitrogens with zero attached hydrogens (tertiary/aromatic N) is 1. The van der Waals surface area contributed by atoms with Crippen LogP contribution in [0.3, 0.4) is 0 Å². The third-order valence-corrected chi connectivity index (χ3v) is 3.70. The molecule has 1 aliphatic heterocycles. The average Bonchev–Trinajstić information content (AvgIpc) is 2.80. The van der Waals surface area contributed by atoms with E-state index in [-0.39, 0.29) is 24.2 Å². The largest absolute Gasteiger partial charge is 0.459 e. The summed E-state index contributed by atoms with van der Waals surface area (Å²) in [6, 6.07) is 2.08. The second kappa shape index (κ2) is 6.41. The van der Waals surface area contributed by atoms with Gasteiger partial charge in [0.1, 0.15) is 0 Å². The summed E-state index contributed by atoms with van der Waals surface area (Å²) in [6.45, 7) is 10.6. The molecule has 0 aliphatic carbocycles. The molecule has 0 spiro atoms. The molecule has 1 aliphatic rings. The van der Waals surface area contributed by atoms with Crippen LogP contribution in [0, 0.1) is 6.92 Å². The number of rotatable bonds is 4. The fourth-order valence-electron chi connectivity index (χ4n) is 2.63. The molecule has 0 radical (unpaired) electrons. The molecule has 3 unspecified atom stereocenters. The van der Waals surface area contributed by atoms with Crippen LogP contribution in [0.5, 0.6) is 0 Å². The molecule has 3 atom stereocenters. The Bertz CT molecular complexity index is 448. The number of carbonyl (C=O) groups is 1. The highest BCUT2D eigenvalue weighted by atomic mass is 16.5. The zero-order chi connectivity index (χ0) is 14.7. The van der Waals surface area contributed by atoms with E-state index >= 15 is 0 Å². The molecule has 0 bridgehead atoms. The Morgan fingerprint density at radius 1 is 1.45 bits per heavy atom. The van der Waals surface area contributed by atoms with Crippen molar-refractivity contribution in [3.05, 3.63) is 23.7 Å². The van der Waals surface area contributed by atoms with Crippen molar-refractivity contribution in [3.63, 3.8) is 0 Å². The van der Waals surface area contributed by atoms with Crippen LogP contribution in [-0.2, 0) is 4.74 Å². The summed E-state index contributed by atoms with van der Waals surface area (Å²) in [5, 5.41) is 2.94. The zero-order valence-electron chi connectivity index (χ0n) is 12.7. The number of amides is 1. The highest BCUT2D eigenvalue weighted by molar-refractivity contribution is 5.92. The summed E-state index contributed by atoms with van der Waals surface area (Å²) in [5.74, 6) is 0.259. The second-order valence-electron chi connectivity index (χ2n) is 5.70. The maximum atomic E-state index is 12.0. The monoisotopic (exact) mass is 280 g/mol. The number of carbonyl (C=O) groups excluding carboxylic acids is 1. The number of nitrogens with one attached hydrogen (secondary N) is 1. The van der Waals surface area contributed by atoms with Crippen molar-refractivity contribution in [2.75, 3.05) is 19.6 Å². The first kappa shape index (κ1) is 15.1. The maximum Gasteiger partial charge on any atom is 0.287 e. The molecule has 1 fully saturated rings. The number of ether oxygens (including phenoxy) is 1. The Morgan fingerprint density at radius 2 is 2.10 bits per heavy atom. The fraction of sp³-hybridized carbons (Fsp3) is 0.667. The minimum absolute atomic E-state index is 0.145. The van der Waals surface area contributed by atoms with Gasteiger partial charge in [-0.25, -0.2) is 0 Å². The predicted molar refractivity (Wildman–Crippen MR) is 76.8 cm³/mol. The standard InChI is InChI=1S/C15H24N2O3/c1-10-5-6-19-14(10)15(18)16-7-11(2)17-8-12(3)20-13(4)9-17/h5-6,11-13H,7-9H2,1-4H3,(H,16,18). The number of hydrogen-bond acceptors (Lipinski definition) is 4. The summed E-state index contributed by atoms with van der Waals surface area (Å²) < 4.78 is 10.9. The molecule has 1 aromatic rings. The van der Waals surface area contributed by atoms with Crippen molar-refractivity contribution >= 4 is 5.91 Å². The smallest absolute Gasteiger partial charge is 0.287 e. The Morgan fingerprint density at radius 3 is 2.65 bits per heavy atom. The SMILES string of the molecule is Cc1ccoc1C(=O)NCC(C)N1CC(C)OC(C)C1. The van der Waals surface area contributed by atoms with Gasteiger partial charge >= 0.3 is 0 Å². The molecule has 20 heavy (non-hydrogen) atoms. The Balaban J connectivity index is 1.84. The van der Waals surface area contributed by atoms with Crippen LogP contribution in [0.1, 0.15) is 36.9 Å². The van der Waals surface area contributed by atoms with Crippen LogP contribution in [0.15, 0.2) is 16.7 Å². The Kier molecular flexibility index (Phi) is 4.83. The van der Waals surface area contributed by atoms with E-state index in [0.717, 1.165) is 18.7 Å². The number of furan rings is 1. The van der Waals surface area contributed by atoms with Crippen LogP contribution in [0.25, 0.3) is 0 Å².